The van der Waals surface area contributed by atoms with E-state index in [2.05, 4.69) is 17.5 Å². The number of fused-ring (bicyclic) bond motifs is 1. The van der Waals surface area contributed by atoms with Crippen LogP contribution in [0.3, 0.4) is 0 Å². The summed E-state index contributed by atoms with van der Waals surface area (Å²) in [4.78, 5) is 25.9. The second kappa shape index (κ2) is 7.03. The van der Waals surface area contributed by atoms with Crippen molar-refractivity contribution in [3.05, 3.63) is 65.2 Å². The van der Waals surface area contributed by atoms with Crippen molar-refractivity contribution in [2.75, 3.05) is 18.4 Å². The number of rotatable bonds is 2. The number of para-hydroxylation sites is 1. The van der Waals surface area contributed by atoms with E-state index in [4.69, 9.17) is 10.5 Å². The van der Waals surface area contributed by atoms with E-state index in [-0.39, 0.29) is 11.6 Å². The van der Waals surface area contributed by atoms with Crippen molar-refractivity contribution in [1.29, 1.82) is 0 Å². The lowest BCUT2D eigenvalue weighted by Crippen LogP contribution is -2.50. The number of nitrogens with one attached hydrogen (secondary N) is 1. The van der Waals surface area contributed by atoms with Gasteiger partial charge in [-0.3, -0.25) is 4.79 Å². The van der Waals surface area contributed by atoms with Crippen LogP contribution in [-0.4, -0.2) is 35.5 Å². The number of ether oxygens (including phenoxy) is 1. The smallest absolute Gasteiger partial charge is 0.321 e. The van der Waals surface area contributed by atoms with Crippen molar-refractivity contribution in [2.45, 2.75) is 25.4 Å². The number of nitrogens with two attached hydrogens (primary N) is 1. The van der Waals surface area contributed by atoms with Crippen LogP contribution in [0.4, 0.5) is 10.5 Å². The molecular weight excluding hydrogens is 354 g/mol. The predicted octanol–water partition coefficient (Wildman–Crippen LogP) is 3.57. The van der Waals surface area contributed by atoms with Crippen LogP contribution in [0.15, 0.2) is 48.5 Å². The molecule has 6 nitrogen and oxygen atoms in total. The van der Waals surface area contributed by atoms with E-state index in [0.717, 1.165) is 29.7 Å². The summed E-state index contributed by atoms with van der Waals surface area (Å²) in [6.45, 7) is 3.04. The van der Waals surface area contributed by atoms with Gasteiger partial charge in [0.1, 0.15) is 11.4 Å². The molecule has 3 N–H and O–H groups in total. The molecule has 0 bridgehead atoms. The summed E-state index contributed by atoms with van der Waals surface area (Å²) in [6.07, 6.45) is 5.67. The number of carbonyl (C=O) groups excluding carboxylic acids is 2. The predicted molar refractivity (Wildman–Crippen MR) is 108 cm³/mol. The molecule has 0 radical (unpaired) electrons. The first kappa shape index (κ1) is 18.1. The first-order chi connectivity index (χ1) is 13.4. The van der Waals surface area contributed by atoms with E-state index in [1.54, 1.807) is 17.0 Å². The van der Waals surface area contributed by atoms with Crippen molar-refractivity contribution in [3.8, 4) is 5.75 Å². The lowest BCUT2D eigenvalue weighted by atomic mass is 9.88. The van der Waals surface area contributed by atoms with Gasteiger partial charge in [-0.25, -0.2) is 4.79 Å². The number of carbonyl (C=O) groups is 2. The highest BCUT2D eigenvalue weighted by molar-refractivity contribution is 5.96. The summed E-state index contributed by atoms with van der Waals surface area (Å²) in [7, 11) is 0. The van der Waals surface area contributed by atoms with Crippen LogP contribution in [0.25, 0.3) is 6.08 Å². The number of benzene rings is 2. The molecule has 2 aliphatic rings. The van der Waals surface area contributed by atoms with Crippen LogP contribution in [0.1, 0.15) is 34.3 Å². The van der Waals surface area contributed by atoms with E-state index in [1.807, 2.05) is 37.3 Å². The Hall–Kier alpha value is -3.28. The van der Waals surface area contributed by atoms with E-state index >= 15 is 0 Å². The number of primary amides is 1. The largest absolute Gasteiger partial charge is 0.482 e. The molecule has 4 rings (SSSR count). The van der Waals surface area contributed by atoms with Gasteiger partial charge in [0.15, 0.2) is 0 Å². The van der Waals surface area contributed by atoms with Crippen LogP contribution in [0.2, 0.25) is 0 Å². The number of hydrogen-bond donors (Lipinski definition) is 2. The number of hydrogen-bond acceptors (Lipinski definition) is 3. The fraction of sp³-hybridized carbons (Fsp3) is 0.273. The topological polar surface area (TPSA) is 84.7 Å². The Labute approximate surface area is 164 Å². The van der Waals surface area contributed by atoms with Gasteiger partial charge in [0, 0.05) is 42.7 Å². The van der Waals surface area contributed by atoms with Gasteiger partial charge in [0.2, 0.25) is 5.91 Å². The zero-order chi connectivity index (χ0) is 19.7. The van der Waals surface area contributed by atoms with Gasteiger partial charge in [-0.15, -0.1) is 0 Å². The van der Waals surface area contributed by atoms with E-state index in [1.165, 1.54) is 0 Å². The molecule has 144 valence electrons. The normalized spacial score (nSPS) is 17.0. The maximum Gasteiger partial charge on any atom is 0.321 e. The molecule has 0 atom stereocenters. The summed E-state index contributed by atoms with van der Waals surface area (Å²) >= 11 is 0. The zero-order valence-electron chi connectivity index (χ0n) is 15.8. The molecule has 2 aliphatic heterocycles. The monoisotopic (exact) mass is 377 g/mol. The Kier molecular flexibility index (Phi) is 4.55. The molecule has 0 aliphatic carbocycles. The third-order valence-electron chi connectivity index (χ3n) is 5.31. The van der Waals surface area contributed by atoms with Gasteiger partial charge >= 0.3 is 6.03 Å². The number of anilines is 1. The minimum atomic E-state index is -0.513. The molecule has 0 aromatic heterocycles. The Morgan fingerprint density at radius 3 is 2.64 bits per heavy atom. The second-order valence-electron chi connectivity index (χ2n) is 7.41. The van der Waals surface area contributed by atoms with Gasteiger partial charge in [0.05, 0.1) is 0 Å². The van der Waals surface area contributed by atoms with Crippen LogP contribution < -0.4 is 15.8 Å². The summed E-state index contributed by atoms with van der Waals surface area (Å²) in [5, 5.41) is 2.88. The lowest BCUT2D eigenvalue weighted by molar-refractivity contribution is 0.0518. The molecule has 2 aromatic carbocycles. The fourth-order valence-electron chi connectivity index (χ4n) is 3.76. The lowest BCUT2D eigenvalue weighted by Gasteiger charge is -2.41. The molecule has 0 unspecified atom stereocenters. The number of aryl methyl sites for hydroxylation is 1. The average Bonchev–Trinajstić information content (AvgIpc) is 2.68. The van der Waals surface area contributed by atoms with Gasteiger partial charge in [-0.2, -0.15) is 0 Å². The number of urea groups is 1. The Bertz CT molecular complexity index is 959. The average molecular weight is 377 g/mol. The molecule has 28 heavy (non-hydrogen) atoms. The zero-order valence-corrected chi connectivity index (χ0v) is 15.8. The third kappa shape index (κ3) is 3.58. The molecule has 1 spiro atoms. The summed E-state index contributed by atoms with van der Waals surface area (Å²) in [5.74, 6) is 0.377. The van der Waals surface area contributed by atoms with Gasteiger partial charge < -0.3 is 20.7 Å². The van der Waals surface area contributed by atoms with Gasteiger partial charge in [-0.1, -0.05) is 24.3 Å². The molecule has 3 amide bonds. The standard InChI is InChI=1S/C22H23N3O3/c1-15-12-17(20(23)26)14-18(13-15)24-21(27)25-10-8-22(9-11-25)7-6-16-4-2-3-5-19(16)28-22/h2-7,12-14H,8-11H2,1H3,(H2,23,26)(H,24,27). The highest BCUT2D eigenvalue weighted by Crippen LogP contribution is 2.37. The summed E-state index contributed by atoms with van der Waals surface area (Å²) in [5.41, 5.74) is 7.90. The first-order valence-electron chi connectivity index (χ1n) is 9.39. The fourth-order valence-corrected chi connectivity index (χ4v) is 3.76. The Balaban J connectivity index is 1.41. The first-order valence-corrected chi connectivity index (χ1v) is 9.39. The number of likely N-dealkylation sites (tertiary alicyclic amines) is 1. The van der Waals surface area contributed by atoms with Crippen molar-refractivity contribution in [3.63, 3.8) is 0 Å². The van der Waals surface area contributed by atoms with E-state index in [0.29, 0.717) is 24.3 Å². The maximum absolute atomic E-state index is 12.7. The number of piperidine rings is 1. The van der Waals surface area contributed by atoms with Crippen LogP contribution in [0, 0.1) is 6.92 Å². The molecule has 1 saturated heterocycles. The second-order valence-corrected chi connectivity index (χ2v) is 7.41. The van der Waals surface area contributed by atoms with Crippen LogP contribution in [-0.2, 0) is 0 Å². The Morgan fingerprint density at radius 1 is 1.14 bits per heavy atom. The van der Waals surface area contributed by atoms with Crippen molar-refractivity contribution < 1.29 is 14.3 Å². The Morgan fingerprint density at radius 2 is 1.89 bits per heavy atom. The summed E-state index contributed by atoms with van der Waals surface area (Å²) in [6, 6.07) is 12.9. The highest BCUT2D eigenvalue weighted by Gasteiger charge is 2.37. The van der Waals surface area contributed by atoms with Crippen LogP contribution in [0.5, 0.6) is 5.75 Å². The minimum Gasteiger partial charge on any atom is -0.482 e. The van der Waals surface area contributed by atoms with Gasteiger partial charge in [0.25, 0.3) is 0 Å². The van der Waals surface area contributed by atoms with Crippen molar-refractivity contribution in [2.24, 2.45) is 5.73 Å². The van der Waals surface area contributed by atoms with Crippen molar-refractivity contribution in [1.82, 2.24) is 4.90 Å². The van der Waals surface area contributed by atoms with Crippen LogP contribution >= 0.6 is 0 Å². The van der Waals surface area contributed by atoms with E-state index in [9.17, 15) is 9.59 Å². The minimum absolute atomic E-state index is 0.184. The maximum atomic E-state index is 12.7. The molecule has 1 fully saturated rings. The molecule has 6 heteroatoms. The SMILES string of the molecule is Cc1cc(NC(=O)N2CCC3(C=Cc4ccccc4O3)CC2)cc(C(N)=O)c1. The molecular formula is C22H23N3O3. The number of amides is 3. The van der Waals surface area contributed by atoms with Crippen molar-refractivity contribution >= 4 is 23.7 Å². The quantitative estimate of drug-likeness (QED) is 0.839. The number of nitrogens with zero attached hydrogens (tertiary/aromatic N) is 1. The highest BCUT2D eigenvalue weighted by atomic mass is 16.5. The molecule has 2 heterocycles. The molecule has 2 aromatic rings. The summed E-state index contributed by atoms with van der Waals surface area (Å²) < 4.78 is 6.27. The third-order valence-corrected chi connectivity index (χ3v) is 5.31. The van der Waals surface area contributed by atoms with Gasteiger partial charge in [-0.05, 0) is 42.8 Å². The molecule has 0 saturated carbocycles. The van der Waals surface area contributed by atoms with E-state index < -0.39 is 5.91 Å².